The smallest absolute Gasteiger partial charge is 0.276 e. The molecule has 0 aliphatic carbocycles. The molecule has 4 rings (SSSR count). The average Bonchev–Trinajstić information content (AvgIpc) is 3.35. The molecule has 0 radical (unpaired) electrons. The van der Waals surface area contributed by atoms with Gasteiger partial charge in [0.05, 0.1) is 10.6 Å². The van der Waals surface area contributed by atoms with Gasteiger partial charge in [-0.1, -0.05) is 6.07 Å². The van der Waals surface area contributed by atoms with E-state index in [1.54, 1.807) is 17.4 Å². The molecule has 1 saturated heterocycles. The van der Waals surface area contributed by atoms with Crippen LogP contribution in [0.3, 0.4) is 0 Å². The quantitative estimate of drug-likeness (QED) is 0.732. The van der Waals surface area contributed by atoms with E-state index >= 15 is 0 Å². The molecule has 0 spiro atoms. The Labute approximate surface area is 150 Å². The van der Waals surface area contributed by atoms with E-state index in [-0.39, 0.29) is 5.91 Å². The Balaban J connectivity index is 1.42. The molecule has 2 aromatic heterocycles. The number of nitrogens with zero attached hydrogens (tertiary/aromatic N) is 2. The summed E-state index contributed by atoms with van der Waals surface area (Å²) >= 11 is 1.61. The molecule has 0 bridgehead atoms. The number of piperidine rings is 1. The number of thiophene rings is 1. The van der Waals surface area contributed by atoms with Gasteiger partial charge in [-0.15, -0.1) is 11.3 Å². The van der Waals surface area contributed by atoms with Gasteiger partial charge in [-0.3, -0.25) is 9.89 Å². The third-order valence-corrected chi connectivity index (χ3v) is 5.35. The lowest BCUT2D eigenvalue weighted by Gasteiger charge is -2.28. The number of amides is 1. The number of hydrogen-bond acceptors (Lipinski definition) is 4. The summed E-state index contributed by atoms with van der Waals surface area (Å²) < 4.78 is 0. The van der Waals surface area contributed by atoms with Gasteiger partial charge in [0.1, 0.15) is 0 Å². The van der Waals surface area contributed by atoms with Crippen LogP contribution in [0.5, 0.6) is 0 Å². The lowest BCUT2D eigenvalue weighted by molar-refractivity contribution is 0.102. The van der Waals surface area contributed by atoms with Crippen LogP contribution in [-0.4, -0.2) is 29.2 Å². The van der Waals surface area contributed by atoms with Crippen molar-refractivity contribution in [2.75, 3.05) is 23.3 Å². The zero-order chi connectivity index (χ0) is 17.1. The van der Waals surface area contributed by atoms with Crippen molar-refractivity contribution in [3.05, 3.63) is 53.5 Å². The van der Waals surface area contributed by atoms with E-state index < -0.39 is 0 Å². The molecule has 0 atom stereocenters. The molecule has 25 heavy (non-hydrogen) atoms. The van der Waals surface area contributed by atoms with Crippen LogP contribution in [0.1, 0.15) is 29.8 Å². The summed E-state index contributed by atoms with van der Waals surface area (Å²) in [4.78, 5) is 15.8. The number of benzene rings is 1. The van der Waals surface area contributed by atoms with Crippen LogP contribution in [0.25, 0.3) is 10.6 Å². The first-order valence-corrected chi connectivity index (χ1v) is 9.43. The second-order valence-electron chi connectivity index (χ2n) is 6.19. The number of hydrogen-bond donors (Lipinski definition) is 2. The molecule has 1 aliphatic rings. The van der Waals surface area contributed by atoms with Gasteiger partial charge in [0.25, 0.3) is 5.91 Å². The summed E-state index contributed by atoms with van der Waals surface area (Å²) in [7, 11) is 0. The van der Waals surface area contributed by atoms with E-state index in [2.05, 4.69) is 32.5 Å². The number of aromatic nitrogens is 2. The van der Waals surface area contributed by atoms with Gasteiger partial charge >= 0.3 is 0 Å². The first kappa shape index (κ1) is 15.9. The first-order valence-electron chi connectivity index (χ1n) is 8.55. The highest BCUT2D eigenvalue weighted by atomic mass is 32.1. The van der Waals surface area contributed by atoms with Crippen molar-refractivity contribution in [3.63, 3.8) is 0 Å². The Morgan fingerprint density at radius 3 is 2.64 bits per heavy atom. The Morgan fingerprint density at radius 1 is 1.12 bits per heavy atom. The van der Waals surface area contributed by atoms with E-state index in [4.69, 9.17) is 0 Å². The van der Waals surface area contributed by atoms with Crippen LogP contribution in [-0.2, 0) is 0 Å². The number of carbonyl (C=O) groups is 1. The second kappa shape index (κ2) is 7.11. The minimum atomic E-state index is -0.204. The van der Waals surface area contributed by atoms with Crippen LogP contribution in [0.4, 0.5) is 11.4 Å². The average molecular weight is 352 g/mol. The van der Waals surface area contributed by atoms with Crippen LogP contribution in [0.2, 0.25) is 0 Å². The summed E-state index contributed by atoms with van der Waals surface area (Å²) in [5, 5.41) is 12.0. The standard InChI is InChI=1S/C19H20N4OS/c24-19(17-13-16(21-22-17)18-5-4-12-25-18)20-14-6-8-15(9-7-14)23-10-2-1-3-11-23/h4-9,12-13H,1-3,10-11H2,(H,20,24)(H,21,22). The molecule has 3 heterocycles. The molecule has 6 heteroatoms. The number of aromatic amines is 1. The van der Waals surface area contributed by atoms with Crippen molar-refractivity contribution in [3.8, 4) is 10.6 Å². The number of H-pyrrole nitrogens is 1. The number of rotatable bonds is 4. The van der Waals surface area contributed by atoms with Gasteiger partial charge in [-0.2, -0.15) is 5.10 Å². The topological polar surface area (TPSA) is 61.0 Å². The van der Waals surface area contributed by atoms with Gasteiger partial charge in [0.2, 0.25) is 0 Å². The molecular formula is C19H20N4OS. The Hall–Kier alpha value is -2.60. The van der Waals surface area contributed by atoms with Gasteiger partial charge in [0.15, 0.2) is 5.69 Å². The third kappa shape index (κ3) is 3.58. The summed E-state index contributed by atoms with van der Waals surface area (Å²) in [5.74, 6) is -0.204. The van der Waals surface area contributed by atoms with E-state index in [0.29, 0.717) is 5.69 Å². The summed E-state index contributed by atoms with van der Waals surface area (Å²) in [6.45, 7) is 2.23. The van der Waals surface area contributed by atoms with Crippen molar-refractivity contribution >= 4 is 28.6 Å². The predicted molar refractivity (Wildman–Crippen MR) is 102 cm³/mol. The fraction of sp³-hybridized carbons (Fsp3) is 0.263. The second-order valence-corrected chi connectivity index (χ2v) is 7.14. The molecule has 128 valence electrons. The fourth-order valence-electron chi connectivity index (χ4n) is 3.10. The maximum atomic E-state index is 12.4. The molecule has 3 aromatic rings. The predicted octanol–water partition coefficient (Wildman–Crippen LogP) is 4.38. The molecule has 0 unspecified atom stereocenters. The van der Waals surface area contributed by atoms with E-state index in [9.17, 15) is 4.79 Å². The van der Waals surface area contributed by atoms with Crippen molar-refractivity contribution in [1.29, 1.82) is 0 Å². The Kier molecular flexibility index (Phi) is 4.52. The summed E-state index contributed by atoms with van der Waals surface area (Å²) in [6, 6.07) is 13.8. The molecule has 1 aromatic carbocycles. The first-order chi connectivity index (χ1) is 12.3. The lowest BCUT2D eigenvalue weighted by Crippen LogP contribution is -2.29. The van der Waals surface area contributed by atoms with Crippen LogP contribution < -0.4 is 10.2 Å². The monoisotopic (exact) mass is 352 g/mol. The normalized spacial score (nSPS) is 14.5. The molecule has 5 nitrogen and oxygen atoms in total. The van der Waals surface area contributed by atoms with Crippen molar-refractivity contribution in [2.45, 2.75) is 19.3 Å². The van der Waals surface area contributed by atoms with Crippen LogP contribution in [0, 0.1) is 0 Å². The van der Waals surface area contributed by atoms with E-state index in [1.807, 2.05) is 29.6 Å². The highest BCUT2D eigenvalue weighted by Crippen LogP contribution is 2.24. The molecule has 1 aliphatic heterocycles. The van der Waals surface area contributed by atoms with Crippen LogP contribution in [0.15, 0.2) is 47.8 Å². The maximum Gasteiger partial charge on any atom is 0.276 e. The zero-order valence-corrected chi connectivity index (χ0v) is 14.7. The van der Waals surface area contributed by atoms with Gasteiger partial charge in [-0.05, 0) is 61.0 Å². The lowest BCUT2D eigenvalue weighted by atomic mass is 10.1. The number of carbonyl (C=O) groups excluding carboxylic acids is 1. The molecule has 1 fully saturated rings. The van der Waals surface area contributed by atoms with E-state index in [0.717, 1.165) is 29.3 Å². The Morgan fingerprint density at radius 2 is 1.92 bits per heavy atom. The molecule has 2 N–H and O–H groups in total. The van der Waals surface area contributed by atoms with Crippen molar-refractivity contribution in [1.82, 2.24) is 10.2 Å². The van der Waals surface area contributed by atoms with Gasteiger partial charge in [-0.25, -0.2) is 0 Å². The highest BCUT2D eigenvalue weighted by molar-refractivity contribution is 7.13. The zero-order valence-electron chi connectivity index (χ0n) is 13.9. The van der Waals surface area contributed by atoms with Crippen LogP contribution >= 0.6 is 11.3 Å². The highest BCUT2D eigenvalue weighted by Gasteiger charge is 2.13. The largest absolute Gasteiger partial charge is 0.372 e. The molecule has 1 amide bonds. The SMILES string of the molecule is O=C(Nc1ccc(N2CCCCC2)cc1)c1cc(-c2cccs2)[nH]n1. The summed E-state index contributed by atoms with van der Waals surface area (Å²) in [5.41, 5.74) is 3.26. The third-order valence-electron chi connectivity index (χ3n) is 4.44. The minimum absolute atomic E-state index is 0.204. The van der Waals surface area contributed by atoms with E-state index in [1.165, 1.54) is 24.9 Å². The van der Waals surface area contributed by atoms with Gasteiger partial charge < -0.3 is 10.2 Å². The maximum absolute atomic E-state index is 12.4. The number of nitrogens with one attached hydrogen (secondary N) is 2. The number of anilines is 2. The molecular weight excluding hydrogens is 332 g/mol. The van der Waals surface area contributed by atoms with Crippen molar-refractivity contribution in [2.24, 2.45) is 0 Å². The minimum Gasteiger partial charge on any atom is -0.372 e. The van der Waals surface area contributed by atoms with Gasteiger partial charge in [0, 0.05) is 24.5 Å². The summed E-state index contributed by atoms with van der Waals surface area (Å²) in [6.07, 6.45) is 3.83. The fourth-order valence-corrected chi connectivity index (χ4v) is 3.79. The van der Waals surface area contributed by atoms with Crippen molar-refractivity contribution < 1.29 is 4.79 Å². The Bertz CT molecular complexity index is 833. The molecule has 0 saturated carbocycles.